The monoisotopic (exact) mass is 305 g/mol. The molecule has 1 saturated heterocycles. The average molecular weight is 305 g/mol. The van der Waals surface area contributed by atoms with E-state index in [4.69, 9.17) is 0 Å². The summed E-state index contributed by atoms with van der Waals surface area (Å²) in [5.74, 6) is 4.60. The van der Waals surface area contributed by atoms with Crippen molar-refractivity contribution >= 4 is 5.91 Å². The van der Waals surface area contributed by atoms with E-state index in [0.717, 1.165) is 29.6 Å². The number of amides is 1. The van der Waals surface area contributed by atoms with Gasteiger partial charge in [0, 0.05) is 17.4 Å². The molecule has 2 atom stereocenters. The summed E-state index contributed by atoms with van der Waals surface area (Å²) in [5, 5.41) is 3.54. The van der Waals surface area contributed by atoms with E-state index in [-0.39, 0.29) is 5.54 Å². The second-order valence-electron chi connectivity index (χ2n) is 9.53. The van der Waals surface area contributed by atoms with E-state index < -0.39 is 0 Å². The Bertz CT molecular complexity index is 401. The summed E-state index contributed by atoms with van der Waals surface area (Å²) in [6.45, 7) is 7.74. The number of carbonyl (C=O) groups is 1. The third-order valence-corrected chi connectivity index (χ3v) is 6.93. The molecule has 4 aliphatic carbocycles. The van der Waals surface area contributed by atoms with E-state index in [1.54, 1.807) is 0 Å². The van der Waals surface area contributed by atoms with Crippen molar-refractivity contribution in [2.75, 3.05) is 19.6 Å². The van der Waals surface area contributed by atoms with Crippen LogP contribution in [0.1, 0.15) is 58.8 Å². The predicted molar refractivity (Wildman–Crippen MR) is 87.6 cm³/mol. The largest absolute Gasteiger partial charge is 0.346 e. The van der Waals surface area contributed by atoms with Crippen molar-refractivity contribution in [3.8, 4) is 0 Å². The Balaban J connectivity index is 1.36. The Hall–Kier alpha value is -0.570. The summed E-state index contributed by atoms with van der Waals surface area (Å²) in [6, 6.07) is 0. The van der Waals surface area contributed by atoms with Crippen molar-refractivity contribution in [2.45, 2.75) is 64.3 Å². The highest BCUT2D eigenvalue weighted by Crippen LogP contribution is 2.55. The number of nitrogens with one attached hydrogen (secondary N) is 2. The molecule has 0 aromatic rings. The van der Waals surface area contributed by atoms with Crippen LogP contribution in [0.3, 0.4) is 0 Å². The lowest BCUT2D eigenvalue weighted by atomic mass is 9.53. The van der Waals surface area contributed by atoms with Gasteiger partial charge >= 0.3 is 0 Å². The first kappa shape index (κ1) is 15.0. The minimum Gasteiger partial charge on any atom is -0.346 e. The van der Waals surface area contributed by atoms with Crippen LogP contribution in [-0.2, 0) is 4.79 Å². The lowest BCUT2D eigenvalue weighted by molar-refractivity contribution is -0.904. The fourth-order valence-electron chi connectivity index (χ4n) is 6.90. The first-order chi connectivity index (χ1) is 10.5. The van der Waals surface area contributed by atoms with Crippen LogP contribution in [0.5, 0.6) is 0 Å². The minimum absolute atomic E-state index is 0.193. The molecule has 0 aromatic heterocycles. The van der Waals surface area contributed by atoms with Gasteiger partial charge in [-0.25, -0.2) is 0 Å². The maximum atomic E-state index is 12.7. The highest BCUT2D eigenvalue weighted by atomic mass is 16.2. The van der Waals surface area contributed by atoms with Crippen molar-refractivity contribution in [3.63, 3.8) is 0 Å². The molecule has 2 N–H and O–H groups in total. The maximum absolute atomic E-state index is 12.7. The number of piperidine rings is 1. The Labute approximate surface area is 135 Å². The summed E-state index contributed by atoms with van der Waals surface area (Å²) in [4.78, 5) is 14.2. The number of quaternary nitrogens is 1. The molecule has 22 heavy (non-hydrogen) atoms. The van der Waals surface area contributed by atoms with Crippen molar-refractivity contribution in [2.24, 2.45) is 29.6 Å². The first-order valence-electron chi connectivity index (χ1n) is 9.64. The molecule has 4 bridgehead atoms. The van der Waals surface area contributed by atoms with Crippen molar-refractivity contribution in [1.82, 2.24) is 5.32 Å². The fraction of sp³-hybridized carbons (Fsp3) is 0.947. The smallest absolute Gasteiger partial charge is 0.275 e. The van der Waals surface area contributed by atoms with Crippen molar-refractivity contribution < 1.29 is 9.69 Å². The standard InChI is InChI=1S/C19H32N2O/c1-13-3-14(2)11-21(10-13)12-18(22)20-19-7-15-4-16(8-19)6-17(5-15)9-19/h13-17H,3-12H2,1-2H3,(H,20,22)/p+1/t13-,14-,15?,16?,17?,19?/m1/s1. The zero-order valence-corrected chi connectivity index (χ0v) is 14.4. The van der Waals surface area contributed by atoms with E-state index in [9.17, 15) is 4.79 Å². The SMILES string of the molecule is C[C@@H]1C[C@@H](C)C[NH+](CC(=O)NC23CC4CC(CC(C4)C2)C3)C1. The third-order valence-electron chi connectivity index (χ3n) is 6.93. The van der Waals surface area contributed by atoms with Crippen molar-refractivity contribution in [1.29, 1.82) is 0 Å². The molecule has 0 unspecified atom stereocenters. The van der Waals surface area contributed by atoms with Gasteiger partial charge in [-0.3, -0.25) is 4.79 Å². The van der Waals surface area contributed by atoms with E-state index in [1.807, 2.05) is 0 Å². The highest BCUT2D eigenvalue weighted by molar-refractivity contribution is 5.77. The lowest BCUT2D eigenvalue weighted by Gasteiger charge is -2.56. The molecule has 4 saturated carbocycles. The fourth-order valence-corrected chi connectivity index (χ4v) is 6.90. The predicted octanol–water partition coefficient (Wildman–Crippen LogP) is 1.63. The second-order valence-corrected chi connectivity index (χ2v) is 9.53. The number of hydrogen-bond donors (Lipinski definition) is 2. The molecule has 0 radical (unpaired) electrons. The third kappa shape index (κ3) is 2.93. The Morgan fingerprint density at radius 1 is 0.955 bits per heavy atom. The molecule has 5 fully saturated rings. The molecule has 5 aliphatic rings. The normalized spacial score (nSPS) is 50.1. The molecule has 1 amide bonds. The zero-order valence-electron chi connectivity index (χ0n) is 14.4. The van der Waals surface area contributed by atoms with E-state index in [2.05, 4.69) is 19.2 Å². The summed E-state index contributed by atoms with van der Waals surface area (Å²) >= 11 is 0. The molecule has 1 heterocycles. The van der Waals surface area contributed by atoms with Crippen LogP contribution in [0.2, 0.25) is 0 Å². The molecular formula is C19H33N2O+. The Morgan fingerprint density at radius 3 is 1.95 bits per heavy atom. The quantitative estimate of drug-likeness (QED) is 0.816. The van der Waals surface area contributed by atoms with Crippen LogP contribution >= 0.6 is 0 Å². The van der Waals surface area contributed by atoms with Gasteiger partial charge in [-0.1, -0.05) is 13.8 Å². The first-order valence-corrected chi connectivity index (χ1v) is 9.64. The van der Waals surface area contributed by atoms with Crippen molar-refractivity contribution in [3.05, 3.63) is 0 Å². The van der Waals surface area contributed by atoms with E-state index in [0.29, 0.717) is 12.5 Å². The second kappa shape index (κ2) is 5.51. The molecular weight excluding hydrogens is 272 g/mol. The molecule has 3 heteroatoms. The molecule has 5 rings (SSSR count). The van der Waals surface area contributed by atoms with Gasteiger partial charge in [0.15, 0.2) is 6.54 Å². The molecule has 1 aliphatic heterocycles. The average Bonchev–Trinajstić information content (AvgIpc) is 2.33. The van der Waals surface area contributed by atoms with Gasteiger partial charge < -0.3 is 10.2 Å². The van der Waals surface area contributed by atoms with Gasteiger partial charge in [0.1, 0.15) is 0 Å². The van der Waals surface area contributed by atoms with Crippen LogP contribution in [0, 0.1) is 29.6 Å². The molecule has 3 nitrogen and oxygen atoms in total. The molecule has 124 valence electrons. The van der Waals surface area contributed by atoms with Crippen LogP contribution in [0.4, 0.5) is 0 Å². The number of hydrogen-bond acceptors (Lipinski definition) is 1. The van der Waals surface area contributed by atoms with Gasteiger partial charge in [-0.05, 0) is 62.7 Å². The Kier molecular flexibility index (Phi) is 3.75. The van der Waals surface area contributed by atoms with Crippen LogP contribution in [0.25, 0.3) is 0 Å². The van der Waals surface area contributed by atoms with E-state index >= 15 is 0 Å². The van der Waals surface area contributed by atoms with Crippen LogP contribution < -0.4 is 10.2 Å². The van der Waals surface area contributed by atoms with Gasteiger partial charge in [0.2, 0.25) is 0 Å². The molecule has 0 spiro atoms. The summed E-state index contributed by atoms with van der Waals surface area (Å²) in [7, 11) is 0. The van der Waals surface area contributed by atoms with Crippen LogP contribution in [0.15, 0.2) is 0 Å². The summed E-state index contributed by atoms with van der Waals surface area (Å²) < 4.78 is 0. The van der Waals surface area contributed by atoms with Gasteiger partial charge in [0.25, 0.3) is 5.91 Å². The summed E-state index contributed by atoms with van der Waals surface area (Å²) in [5.41, 5.74) is 0.193. The zero-order chi connectivity index (χ0) is 15.3. The Morgan fingerprint density at radius 2 is 1.45 bits per heavy atom. The number of likely N-dealkylation sites (tertiary alicyclic amines) is 1. The van der Waals surface area contributed by atoms with Crippen LogP contribution in [-0.4, -0.2) is 31.1 Å². The maximum Gasteiger partial charge on any atom is 0.275 e. The topological polar surface area (TPSA) is 33.5 Å². The number of rotatable bonds is 3. The van der Waals surface area contributed by atoms with Gasteiger partial charge in [-0.15, -0.1) is 0 Å². The van der Waals surface area contributed by atoms with E-state index in [1.165, 1.54) is 62.9 Å². The minimum atomic E-state index is 0.193. The van der Waals surface area contributed by atoms with Gasteiger partial charge in [-0.2, -0.15) is 0 Å². The van der Waals surface area contributed by atoms with Gasteiger partial charge in [0.05, 0.1) is 13.1 Å². The summed E-state index contributed by atoms with van der Waals surface area (Å²) in [6.07, 6.45) is 9.48. The highest BCUT2D eigenvalue weighted by Gasteiger charge is 2.51. The lowest BCUT2D eigenvalue weighted by Crippen LogP contribution is -3.15. The number of carbonyl (C=O) groups excluding carboxylic acids is 1. The molecule has 0 aromatic carbocycles.